The number of piperidine rings is 1. The molecule has 128 valence electrons. The Balaban J connectivity index is 1.63. The quantitative estimate of drug-likeness (QED) is 0.727. The molecule has 2 rings (SSSR count). The van der Waals surface area contributed by atoms with Crippen molar-refractivity contribution in [2.75, 3.05) is 26.2 Å². The van der Waals surface area contributed by atoms with Crippen molar-refractivity contribution < 1.29 is 9.90 Å². The van der Waals surface area contributed by atoms with Gasteiger partial charge in [-0.05, 0) is 50.1 Å². The van der Waals surface area contributed by atoms with Crippen LogP contribution in [0.25, 0.3) is 0 Å². The highest BCUT2D eigenvalue weighted by Gasteiger charge is 2.35. The summed E-state index contributed by atoms with van der Waals surface area (Å²) in [7, 11) is 0. The Morgan fingerprint density at radius 2 is 2.00 bits per heavy atom. The minimum Gasteiger partial charge on any atom is -0.390 e. The fourth-order valence-electron chi connectivity index (χ4n) is 3.62. The second-order valence-electron chi connectivity index (χ2n) is 7.92. The Morgan fingerprint density at radius 1 is 1.32 bits per heavy atom. The Hall–Kier alpha value is -0.810. The number of amides is 2. The zero-order chi connectivity index (χ0) is 16.2. The molecule has 1 saturated heterocycles. The number of urea groups is 1. The fraction of sp³-hybridized carbons (Fsp3) is 0.941. The maximum atomic E-state index is 12.0. The highest BCUT2D eigenvalue weighted by atomic mass is 16.3. The van der Waals surface area contributed by atoms with Crippen molar-refractivity contribution in [1.29, 1.82) is 0 Å². The molecule has 3 N–H and O–H groups in total. The third kappa shape index (κ3) is 5.13. The maximum Gasteiger partial charge on any atom is 0.315 e. The van der Waals surface area contributed by atoms with E-state index in [0.29, 0.717) is 13.1 Å². The average Bonchev–Trinajstić information content (AvgIpc) is 2.78. The molecule has 0 aromatic rings. The molecule has 1 saturated carbocycles. The Morgan fingerprint density at radius 3 is 2.59 bits per heavy atom. The van der Waals surface area contributed by atoms with Crippen LogP contribution in [-0.2, 0) is 0 Å². The first kappa shape index (κ1) is 17.5. The standard InChI is InChI=1S/C17H33N3O2/c1-13-6-9-20(10-7-13)12-14(21)11-18-16(22)19-15-5-4-8-17(15,2)3/h13-15,21H,4-12H2,1-3H3,(H2,18,19,22). The van der Waals surface area contributed by atoms with Crippen LogP contribution in [0.1, 0.15) is 52.9 Å². The molecular weight excluding hydrogens is 278 g/mol. The third-order valence-electron chi connectivity index (χ3n) is 5.41. The molecule has 0 spiro atoms. The molecule has 2 aliphatic rings. The van der Waals surface area contributed by atoms with E-state index in [-0.39, 0.29) is 17.5 Å². The molecule has 2 amide bonds. The lowest BCUT2D eigenvalue weighted by Crippen LogP contribution is -2.49. The topological polar surface area (TPSA) is 64.6 Å². The van der Waals surface area contributed by atoms with Gasteiger partial charge in [0.05, 0.1) is 6.10 Å². The molecule has 0 aromatic carbocycles. The summed E-state index contributed by atoms with van der Waals surface area (Å²) in [5, 5.41) is 16.0. The fourth-order valence-corrected chi connectivity index (χ4v) is 3.62. The van der Waals surface area contributed by atoms with Gasteiger partial charge >= 0.3 is 6.03 Å². The van der Waals surface area contributed by atoms with Gasteiger partial charge in [-0.1, -0.05) is 27.2 Å². The van der Waals surface area contributed by atoms with Crippen LogP contribution in [0.5, 0.6) is 0 Å². The second-order valence-corrected chi connectivity index (χ2v) is 7.92. The van der Waals surface area contributed by atoms with Gasteiger partial charge in [-0.3, -0.25) is 0 Å². The van der Waals surface area contributed by atoms with Crippen LogP contribution in [0.15, 0.2) is 0 Å². The minimum absolute atomic E-state index is 0.147. The van der Waals surface area contributed by atoms with Gasteiger partial charge in [0.2, 0.25) is 0 Å². The predicted octanol–water partition coefficient (Wildman–Crippen LogP) is 1.96. The van der Waals surface area contributed by atoms with Crippen molar-refractivity contribution >= 4 is 6.03 Å². The van der Waals surface area contributed by atoms with E-state index in [1.165, 1.54) is 19.3 Å². The summed E-state index contributed by atoms with van der Waals surface area (Å²) in [6.07, 6.45) is 5.31. The number of carbonyl (C=O) groups is 1. The number of carbonyl (C=O) groups excluding carboxylic acids is 1. The van der Waals surface area contributed by atoms with Gasteiger partial charge in [0.15, 0.2) is 0 Å². The molecule has 1 aliphatic carbocycles. The molecule has 0 radical (unpaired) electrons. The number of likely N-dealkylation sites (tertiary alicyclic amines) is 1. The van der Waals surface area contributed by atoms with Crippen molar-refractivity contribution in [3.8, 4) is 0 Å². The van der Waals surface area contributed by atoms with Gasteiger partial charge in [-0.25, -0.2) is 4.79 Å². The summed E-state index contributed by atoms with van der Waals surface area (Å²) in [6, 6.07) is 0.0968. The van der Waals surface area contributed by atoms with Crippen LogP contribution in [0.3, 0.4) is 0 Å². The van der Waals surface area contributed by atoms with Gasteiger partial charge in [0.25, 0.3) is 0 Å². The molecule has 1 heterocycles. The Kier molecular flexibility index (Phi) is 6.09. The van der Waals surface area contributed by atoms with Crippen LogP contribution in [0, 0.1) is 11.3 Å². The lowest BCUT2D eigenvalue weighted by Gasteiger charge is -2.32. The summed E-state index contributed by atoms with van der Waals surface area (Å²) >= 11 is 0. The van der Waals surface area contributed by atoms with Crippen molar-refractivity contribution in [3.63, 3.8) is 0 Å². The number of hydrogen-bond donors (Lipinski definition) is 3. The predicted molar refractivity (Wildman–Crippen MR) is 88.8 cm³/mol. The molecule has 2 atom stereocenters. The number of nitrogens with zero attached hydrogens (tertiary/aromatic N) is 1. The number of rotatable bonds is 5. The molecular formula is C17H33N3O2. The third-order valence-corrected chi connectivity index (χ3v) is 5.41. The van der Waals surface area contributed by atoms with E-state index in [0.717, 1.165) is 31.8 Å². The molecule has 0 bridgehead atoms. The van der Waals surface area contributed by atoms with Crippen molar-refractivity contribution in [2.24, 2.45) is 11.3 Å². The minimum atomic E-state index is -0.490. The van der Waals surface area contributed by atoms with E-state index < -0.39 is 6.10 Å². The van der Waals surface area contributed by atoms with E-state index in [2.05, 4.69) is 36.3 Å². The molecule has 1 aliphatic heterocycles. The van der Waals surface area contributed by atoms with E-state index in [1.54, 1.807) is 0 Å². The lowest BCUT2D eigenvalue weighted by atomic mass is 9.87. The number of hydrogen-bond acceptors (Lipinski definition) is 3. The molecule has 2 unspecified atom stereocenters. The van der Waals surface area contributed by atoms with E-state index in [1.807, 2.05) is 0 Å². The number of aliphatic hydroxyl groups excluding tert-OH is 1. The zero-order valence-electron chi connectivity index (χ0n) is 14.4. The summed E-state index contributed by atoms with van der Waals surface area (Å²) in [5.74, 6) is 0.798. The molecule has 2 fully saturated rings. The Bertz CT molecular complexity index is 365. The lowest BCUT2D eigenvalue weighted by molar-refractivity contribution is 0.0917. The van der Waals surface area contributed by atoms with E-state index in [4.69, 9.17) is 0 Å². The highest BCUT2D eigenvalue weighted by Crippen LogP contribution is 2.37. The number of nitrogens with one attached hydrogen (secondary N) is 2. The number of β-amino-alcohol motifs (C(OH)–C–C–N with tert-alkyl or cyclic N) is 1. The van der Waals surface area contributed by atoms with Crippen LogP contribution in [0.4, 0.5) is 4.79 Å². The maximum absolute atomic E-state index is 12.0. The largest absolute Gasteiger partial charge is 0.390 e. The second kappa shape index (κ2) is 7.64. The summed E-state index contributed by atoms with van der Waals surface area (Å²) < 4.78 is 0. The van der Waals surface area contributed by atoms with Crippen molar-refractivity contribution in [2.45, 2.75) is 65.0 Å². The smallest absolute Gasteiger partial charge is 0.315 e. The van der Waals surface area contributed by atoms with Crippen molar-refractivity contribution in [1.82, 2.24) is 15.5 Å². The van der Waals surface area contributed by atoms with E-state index >= 15 is 0 Å². The first-order valence-electron chi connectivity index (χ1n) is 8.81. The molecule has 5 heteroatoms. The molecule has 5 nitrogen and oxygen atoms in total. The average molecular weight is 311 g/mol. The summed E-state index contributed by atoms with van der Waals surface area (Å²) in [5.41, 5.74) is 0.181. The van der Waals surface area contributed by atoms with E-state index in [9.17, 15) is 9.90 Å². The first-order valence-corrected chi connectivity index (χ1v) is 8.81. The van der Waals surface area contributed by atoms with Gasteiger partial charge in [-0.2, -0.15) is 0 Å². The zero-order valence-corrected chi connectivity index (χ0v) is 14.4. The summed E-state index contributed by atoms with van der Waals surface area (Å²) in [4.78, 5) is 14.3. The van der Waals surface area contributed by atoms with Crippen LogP contribution < -0.4 is 10.6 Å². The van der Waals surface area contributed by atoms with Gasteiger partial charge in [0, 0.05) is 19.1 Å². The highest BCUT2D eigenvalue weighted by molar-refractivity contribution is 5.74. The molecule has 22 heavy (non-hydrogen) atoms. The number of aliphatic hydroxyl groups is 1. The van der Waals surface area contributed by atoms with Crippen LogP contribution in [-0.4, -0.2) is 54.4 Å². The first-order chi connectivity index (χ1) is 10.4. The normalized spacial score (nSPS) is 27.5. The summed E-state index contributed by atoms with van der Waals surface area (Å²) in [6.45, 7) is 9.78. The SMILES string of the molecule is CC1CCN(CC(O)CNC(=O)NC2CCCC2(C)C)CC1. The van der Waals surface area contributed by atoms with Gasteiger partial charge < -0.3 is 20.6 Å². The molecule has 0 aromatic heterocycles. The van der Waals surface area contributed by atoms with Crippen molar-refractivity contribution in [3.05, 3.63) is 0 Å². The van der Waals surface area contributed by atoms with Gasteiger partial charge in [0.1, 0.15) is 0 Å². The monoisotopic (exact) mass is 311 g/mol. The van der Waals surface area contributed by atoms with Gasteiger partial charge in [-0.15, -0.1) is 0 Å². The van der Waals surface area contributed by atoms with Crippen LogP contribution >= 0.6 is 0 Å². The van der Waals surface area contributed by atoms with Crippen LogP contribution in [0.2, 0.25) is 0 Å². The Labute approximate surface area is 134 Å².